The molecule has 0 bridgehead atoms. The second-order valence-corrected chi connectivity index (χ2v) is 7.22. The van der Waals surface area contributed by atoms with Gasteiger partial charge in [-0.15, -0.1) is 0 Å². The highest BCUT2D eigenvalue weighted by Gasteiger charge is 2.27. The Balaban J connectivity index is 0.000000924. The van der Waals surface area contributed by atoms with E-state index in [4.69, 9.17) is 0 Å². The molecule has 126 valence electrons. The van der Waals surface area contributed by atoms with Gasteiger partial charge < -0.3 is 5.32 Å². The number of hydrogen-bond donors (Lipinski definition) is 1. The van der Waals surface area contributed by atoms with Crippen LogP contribution in [0, 0.1) is 6.92 Å². The normalized spacial score (nSPS) is 16.5. The predicted octanol–water partition coefficient (Wildman–Crippen LogP) is 2.55. The number of fused-ring (bicyclic) bond motifs is 1. The van der Waals surface area contributed by atoms with E-state index in [0.717, 1.165) is 29.3 Å². The van der Waals surface area contributed by atoms with Crippen LogP contribution in [0.5, 0.6) is 0 Å². The summed E-state index contributed by atoms with van der Waals surface area (Å²) in [6.45, 7) is 8.55. The van der Waals surface area contributed by atoms with Gasteiger partial charge in [-0.05, 0) is 31.5 Å². The van der Waals surface area contributed by atoms with Gasteiger partial charge in [0.15, 0.2) is 0 Å². The fourth-order valence-electron chi connectivity index (χ4n) is 2.79. The summed E-state index contributed by atoms with van der Waals surface area (Å²) >= 11 is 0. The summed E-state index contributed by atoms with van der Waals surface area (Å²) in [4.78, 5) is 4.54. The molecule has 1 aromatic carbocycles. The van der Waals surface area contributed by atoms with Gasteiger partial charge in [-0.2, -0.15) is 4.31 Å². The van der Waals surface area contributed by atoms with Crippen molar-refractivity contribution in [3.63, 3.8) is 0 Å². The predicted molar refractivity (Wildman–Crippen MR) is 94.1 cm³/mol. The second-order valence-electron chi connectivity index (χ2n) is 5.32. The molecule has 1 N–H and O–H groups in total. The molecule has 1 saturated heterocycles. The molecule has 0 atom stereocenters. The third-order valence-electron chi connectivity index (χ3n) is 3.85. The summed E-state index contributed by atoms with van der Waals surface area (Å²) < 4.78 is 27.6. The van der Waals surface area contributed by atoms with Crippen molar-refractivity contribution >= 4 is 20.8 Å². The van der Waals surface area contributed by atoms with E-state index in [-0.39, 0.29) is 0 Å². The largest absolute Gasteiger partial charge is 0.315 e. The highest BCUT2D eigenvalue weighted by molar-refractivity contribution is 7.89. The minimum atomic E-state index is -3.47. The van der Waals surface area contributed by atoms with E-state index in [2.05, 4.69) is 10.3 Å². The lowest BCUT2D eigenvalue weighted by atomic mass is 10.1. The number of sulfonamides is 1. The first kappa shape index (κ1) is 17.8. The Morgan fingerprint density at radius 1 is 1.13 bits per heavy atom. The molecule has 0 aliphatic carbocycles. The zero-order valence-electron chi connectivity index (χ0n) is 14.0. The van der Waals surface area contributed by atoms with Crippen molar-refractivity contribution < 1.29 is 8.42 Å². The number of aromatic nitrogens is 1. The highest BCUT2D eigenvalue weighted by atomic mass is 32.2. The van der Waals surface area contributed by atoms with E-state index < -0.39 is 10.0 Å². The monoisotopic (exact) mass is 335 g/mol. The summed E-state index contributed by atoms with van der Waals surface area (Å²) in [6.07, 6.45) is 4.27. The van der Waals surface area contributed by atoms with Gasteiger partial charge >= 0.3 is 0 Å². The van der Waals surface area contributed by atoms with Crippen LogP contribution in [0.4, 0.5) is 0 Å². The molecule has 1 aromatic heterocycles. The van der Waals surface area contributed by atoms with E-state index in [1.165, 1.54) is 0 Å². The van der Waals surface area contributed by atoms with Crippen molar-refractivity contribution in [2.75, 3.05) is 26.2 Å². The van der Waals surface area contributed by atoms with E-state index in [1.807, 2.05) is 26.8 Å². The molecular formula is C17H25N3O2S. The Labute approximate surface area is 138 Å². The molecule has 3 rings (SSSR count). The molecular weight excluding hydrogens is 310 g/mol. The van der Waals surface area contributed by atoms with Crippen LogP contribution in [0.3, 0.4) is 0 Å². The minimum Gasteiger partial charge on any atom is -0.315 e. The molecule has 0 spiro atoms. The van der Waals surface area contributed by atoms with Gasteiger partial charge in [-0.25, -0.2) is 8.42 Å². The number of rotatable bonds is 2. The van der Waals surface area contributed by atoms with Crippen LogP contribution in [0.15, 0.2) is 35.5 Å². The van der Waals surface area contributed by atoms with Crippen LogP contribution in [0.1, 0.15) is 25.8 Å². The van der Waals surface area contributed by atoms with Crippen LogP contribution in [-0.4, -0.2) is 43.9 Å². The zero-order valence-corrected chi connectivity index (χ0v) is 14.9. The van der Waals surface area contributed by atoms with Crippen LogP contribution in [-0.2, 0) is 10.0 Å². The van der Waals surface area contributed by atoms with Gasteiger partial charge in [0, 0.05) is 42.8 Å². The van der Waals surface area contributed by atoms with E-state index in [0.29, 0.717) is 24.5 Å². The molecule has 0 amide bonds. The summed E-state index contributed by atoms with van der Waals surface area (Å²) in [7, 11) is -3.47. The Kier molecular flexibility index (Phi) is 6.10. The lowest BCUT2D eigenvalue weighted by Crippen LogP contribution is -2.34. The van der Waals surface area contributed by atoms with Crippen molar-refractivity contribution in [1.82, 2.24) is 14.6 Å². The molecule has 1 aliphatic rings. The van der Waals surface area contributed by atoms with Gasteiger partial charge in [-0.3, -0.25) is 4.98 Å². The minimum absolute atomic E-state index is 0.391. The third kappa shape index (κ3) is 3.71. The van der Waals surface area contributed by atoms with Gasteiger partial charge in [0.2, 0.25) is 10.0 Å². The fraction of sp³-hybridized carbons (Fsp3) is 0.471. The van der Waals surface area contributed by atoms with Crippen molar-refractivity contribution in [1.29, 1.82) is 0 Å². The maximum atomic E-state index is 13.0. The lowest BCUT2D eigenvalue weighted by molar-refractivity contribution is 0.432. The Morgan fingerprint density at radius 3 is 2.70 bits per heavy atom. The van der Waals surface area contributed by atoms with Crippen molar-refractivity contribution in [2.24, 2.45) is 0 Å². The van der Waals surface area contributed by atoms with Gasteiger partial charge in [0.25, 0.3) is 0 Å². The van der Waals surface area contributed by atoms with E-state index in [9.17, 15) is 8.42 Å². The summed E-state index contributed by atoms with van der Waals surface area (Å²) in [5.74, 6) is 0. The maximum absolute atomic E-state index is 13.0. The first-order valence-corrected chi connectivity index (χ1v) is 9.59. The summed E-state index contributed by atoms with van der Waals surface area (Å²) in [5.41, 5.74) is 0.889. The number of hydrogen-bond acceptors (Lipinski definition) is 4. The van der Waals surface area contributed by atoms with Crippen molar-refractivity contribution in [3.8, 4) is 0 Å². The molecule has 1 aliphatic heterocycles. The van der Waals surface area contributed by atoms with Crippen LogP contribution < -0.4 is 5.32 Å². The van der Waals surface area contributed by atoms with Crippen LogP contribution in [0.2, 0.25) is 0 Å². The first-order valence-electron chi connectivity index (χ1n) is 8.15. The van der Waals surface area contributed by atoms with E-state index >= 15 is 0 Å². The molecule has 1 fully saturated rings. The standard InChI is InChI=1S/C15H19N3O2S.C2H6/c1-12-10-17-11-13-4-2-5-14(15(12)13)21(19,20)18-8-3-6-16-7-9-18;1-2/h2,4-5,10-11,16H,3,6-9H2,1H3;1-2H3. The second kappa shape index (κ2) is 7.86. The quantitative estimate of drug-likeness (QED) is 0.916. The van der Waals surface area contributed by atoms with E-state index in [1.54, 1.807) is 28.8 Å². The van der Waals surface area contributed by atoms with Gasteiger partial charge in [-0.1, -0.05) is 26.0 Å². The number of nitrogens with zero attached hydrogens (tertiary/aromatic N) is 2. The molecule has 2 aromatic rings. The van der Waals surface area contributed by atoms with Crippen LogP contribution >= 0.6 is 0 Å². The molecule has 0 radical (unpaired) electrons. The fourth-order valence-corrected chi connectivity index (χ4v) is 4.55. The Bertz CT molecular complexity index is 746. The third-order valence-corrected chi connectivity index (χ3v) is 5.79. The summed E-state index contributed by atoms with van der Waals surface area (Å²) in [6, 6.07) is 5.38. The maximum Gasteiger partial charge on any atom is 0.243 e. The van der Waals surface area contributed by atoms with Gasteiger partial charge in [0.1, 0.15) is 0 Å². The van der Waals surface area contributed by atoms with Gasteiger partial charge in [0.05, 0.1) is 4.90 Å². The van der Waals surface area contributed by atoms with Crippen molar-refractivity contribution in [3.05, 3.63) is 36.2 Å². The van der Waals surface area contributed by atoms with Crippen LogP contribution in [0.25, 0.3) is 10.8 Å². The Hall–Kier alpha value is -1.50. The van der Waals surface area contributed by atoms with Crippen molar-refractivity contribution in [2.45, 2.75) is 32.1 Å². The zero-order chi connectivity index (χ0) is 16.9. The molecule has 0 saturated carbocycles. The molecule has 6 heteroatoms. The molecule has 5 nitrogen and oxygen atoms in total. The number of benzene rings is 1. The lowest BCUT2D eigenvalue weighted by Gasteiger charge is -2.21. The Morgan fingerprint density at radius 2 is 1.91 bits per heavy atom. The highest BCUT2D eigenvalue weighted by Crippen LogP contribution is 2.28. The topological polar surface area (TPSA) is 62.3 Å². The average molecular weight is 335 g/mol. The SMILES string of the molecule is CC.Cc1cncc2cccc(S(=O)(=O)N3CCCNCC3)c12. The number of pyridine rings is 1. The smallest absolute Gasteiger partial charge is 0.243 e. The molecule has 0 unspecified atom stereocenters. The summed E-state index contributed by atoms with van der Waals surface area (Å²) in [5, 5.41) is 4.88. The molecule has 2 heterocycles. The average Bonchev–Trinajstić information content (AvgIpc) is 2.86. The first-order chi connectivity index (χ1) is 11.1. The molecule has 23 heavy (non-hydrogen) atoms. The number of nitrogens with one attached hydrogen (secondary N) is 1. The number of aryl methyl sites for hydroxylation is 1.